The third kappa shape index (κ3) is 11.4. The third-order valence-corrected chi connectivity index (χ3v) is 28.6. The number of fused-ring (bicyclic) bond motifs is 26. The van der Waals surface area contributed by atoms with Crippen molar-refractivity contribution in [3.8, 4) is 84.9 Å². The lowest BCUT2D eigenvalue weighted by Gasteiger charge is -2.24. The summed E-state index contributed by atoms with van der Waals surface area (Å²) in [6.45, 7) is 4.69. The molecule has 9 heteroatoms. The summed E-state index contributed by atoms with van der Waals surface area (Å²) in [7, 11) is 0. The van der Waals surface area contributed by atoms with Gasteiger partial charge in [0.25, 0.3) is 0 Å². The number of benzene rings is 21. The van der Waals surface area contributed by atoms with E-state index in [0.29, 0.717) is 11.6 Å². The molecule has 0 aliphatic heterocycles. The molecule has 0 unspecified atom stereocenters. The summed E-state index contributed by atoms with van der Waals surface area (Å²) < 4.78 is 12.2. The van der Waals surface area contributed by atoms with Gasteiger partial charge in [-0.05, 0) is 206 Å². The molecule has 1 aliphatic carbocycles. The Balaban J connectivity index is 0.000000134. The normalized spacial score (nSPS) is 12.6. The van der Waals surface area contributed by atoms with Crippen molar-refractivity contribution in [2.24, 2.45) is 0 Å². The van der Waals surface area contributed by atoms with E-state index in [9.17, 15) is 0 Å². The van der Waals surface area contributed by atoms with E-state index in [2.05, 4.69) is 480 Å². The minimum absolute atomic E-state index is 0.181. The lowest BCUT2D eigenvalue weighted by molar-refractivity contribution is 0.662. The smallest absolute Gasteiger partial charge is 0.160 e. The Morgan fingerprint density at radius 3 is 1.07 bits per heavy atom. The highest BCUT2D eigenvalue weighted by Crippen LogP contribution is 2.54. The maximum absolute atomic E-state index is 5.46. The van der Waals surface area contributed by atoms with Crippen LogP contribution in [0.4, 0.5) is 0 Å². The van der Waals surface area contributed by atoms with Gasteiger partial charge in [-0.3, -0.25) is 0 Å². The van der Waals surface area contributed by atoms with Crippen LogP contribution in [-0.2, 0) is 5.41 Å². The Bertz CT molecular complexity index is 9870. The first kappa shape index (κ1) is 75.3. The van der Waals surface area contributed by atoms with Crippen LogP contribution in [0, 0.1) is 0 Å². The molecule has 0 bridgehead atoms. The van der Waals surface area contributed by atoms with Gasteiger partial charge in [-0.1, -0.05) is 305 Å². The minimum atomic E-state index is -0.181. The van der Waals surface area contributed by atoms with E-state index in [0.717, 1.165) is 106 Å². The summed E-state index contributed by atoms with van der Waals surface area (Å²) in [5.74, 6) is 1.40. The Morgan fingerprint density at radius 2 is 0.537 bits per heavy atom. The largest absolute Gasteiger partial charge is 0.309 e. The molecule has 624 valence electrons. The van der Waals surface area contributed by atoms with Gasteiger partial charge in [-0.2, -0.15) is 0 Å². The Morgan fingerprint density at radius 1 is 0.187 bits per heavy atom. The van der Waals surface area contributed by atoms with Gasteiger partial charge in [0, 0.05) is 132 Å². The molecule has 134 heavy (non-hydrogen) atoms. The van der Waals surface area contributed by atoms with Crippen LogP contribution in [0.2, 0.25) is 0 Å². The monoisotopic (exact) mass is 1710 g/mol. The van der Waals surface area contributed by atoms with Gasteiger partial charge in [-0.25, -0.2) is 19.9 Å². The van der Waals surface area contributed by atoms with Crippen LogP contribution in [0.25, 0.3) is 259 Å². The molecule has 7 aromatic heterocycles. The second-order valence-electron chi connectivity index (χ2n) is 36.3. The van der Waals surface area contributed by atoms with E-state index in [1.165, 1.54) is 152 Å². The van der Waals surface area contributed by atoms with Crippen molar-refractivity contribution in [3.63, 3.8) is 0 Å². The lowest BCUT2D eigenvalue weighted by Crippen LogP contribution is -2.16. The van der Waals surface area contributed by atoms with E-state index < -0.39 is 0 Å². The van der Waals surface area contributed by atoms with Crippen LogP contribution in [0.15, 0.2) is 443 Å². The predicted octanol–water partition coefficient (Wildman–Crippen LogP) is 32.3. The first-order valence-electron chi connectivity index (χ1n) is 46.1. The molecule has 21 aromatic carbocycles. The van der Waals surface area contributed by atoms with E-state index in [-0.39, 0.29) is 5.41 Å². The van der Waals surface area contributed by atoms with Gasteiger partial charge in [0.1, 0.15) is 0 Å². The fourth-order valence-electron chi connectivity index (χ4n) is 22.6. The predicted molar refractivity (Wildman–Crippen MR) is 560 cm³/mol. The van der Waals surface area contributed by atoms with Crippen LogP contribution >= 0.6 is 0 Å². The molecule has 1 aliphatic rings. The average Bonchev–Trinajstić information content (AvgIpc) is 1.57. The maximum atomic E-state index is 5.46. The molecule has 0 amide bonds. The average molecular weight is 1710 g/mol. The third-order valence-electron chi connectivity index (χ3n) is 28.6. The summed E-state index contributed by atoms with van der Waals surface area (Å²) in [6, 6.07) is 161. The lowest BCUT2D eigenvalue weighted by atomic mass is 9.79. The van der Waals surface area contributed by atoms with Crippen molar-refractivity contribution in [1.29, 1.82) is 0 Å². The first-order chi connectivity index (χ1) is 66.2. The van der Waals surface area contributed by atoms with Gasteiger partial charge in [-0.15, -0.1) is 0 Å². The highest BCUT2D eigenvalue weighted by Gasteiger charge is 2.38. The van der Waals surface area contributed by atoms with Gasteiger partial charge >= 0.3 is 0 Å². The topological polar surface area (TPSA) is 76.2 Å². The number of aromatic nitrogens is 9. The van der Waals surface area contributed by atoms with Crippen LogP contribution in [0.3, 0.4) is 0 Å². The summed E-state index contributed by atoms with van der Waals surface area (Å²) in [6.07, 6.45) is 0. The van der Waals surface area contributed by atoms with Crippen LogP contribution in [0.5, 0.6) is 0 Å². The number of para-hydroxylation sites is 6. The summed E-state index contributed by atoms with van der Waals surface area (Å²) in [5.41, 5.74) is 30.3. The standard InChI is InChI=1S/C64H39N5.C61H40N4/c1-2-17-45(18-3-1)67-57-24-12-10-21-50(57)54-37-44(29-35-59(54)67)62-53-22-8-11-23-56(53)65-64(66-62)41-26-30-46(31-27-41)68-60-38-43-16-5-4-15-42(43)36-55(60)51-34-32-47(39-61(51)68)69-58-25-13-9-20-49(58)52-33-28-40-14-6-7-19-48(40)63(52)69;1-61(2)52-23-10-7-18-44(52)47-21-13-22-50(57(47)61)58-49-20-8-11-24-53(49)62-60(63-58)38-26-29-41(30-27-38)64-55-35-40-16-4-3-15-39(40)34-51(55)46-33-31-42(36-56(46)64)65-54-25-12-9-19-45(54)48-32-28-37-14-5-6-17-43(37)59(48)65/h1-39H;3-36H,1-2H3. The van der Waals surface area contributed by atoms with Crippen molar-refractivity contribution >= 4 is 174 Å². The molecule has 0 saturated heterocycles. The van der Waals surface area contributed by atoms with Crippen molar-refractivity contribution in [2.75, 3.05) is 0 Å². The van der Waals surface area contributed by atoms with Crippen LogP contribution < -0.4 is 0 Å². The second-order valence-corrected chi connectivity index (χ2v) is 36.3. The molecule has 9 nitrogen and oxygen atoms in total. The molecule has 29 rings (SSSR count). The molecule has 0 spiro atoms. The Labute approximate surface area is 769 Å². The van der Waals surface area contributed by atoms with Crippen molar-refractivity contribution in [2.45, 2.75) is 19.3 Å². The fourth-order valence-corrected chi connectivity index (χ4v) is 22.6. The van der Waals surface area contributed by atoms with E-state index in [4.69, 9.17) is 19.9 Å². The highest BCUT2D eigenvalue weighted by molar-refractivity contribution is 6.23. The molecule has 28 aromatic rings. The summed E-state index contributed by atoms with van der Waals surface area (Å²) in [4.78, 5) is 21.3. The summed E-state index contributed by atoms with van der Waals surface area (Å²) >= 11 is 0. The molecule has 7 heterocycles. The molecular weight excluding hydrogens is 1630 g/mol. The van der Waals surface area contributed by atoms with Crippen molar-refractivity contribution in [3.05, 3.63) is 454 Å². The van der Waals surface area contributed by atoms with E-state index in [1.807, 2.05) is 0 Å². The molecule has 0 N–H and O–H groups in total. The molecular formula is C125H79N9. The van der Waals surface area contributed by atoms with Gasteiger partial charge < -0.3 is 22.8 Å². The number of hydrogen-bond donors (Lipinski definition) is 0. The van der Waals surface area contributed by atoms with Gasteiger partial charge in [0.2, 0.25) is 0 Å². The van der Waals surface area contributed by atoms with Crippen LogP contribution in [-0.4, -0.2) is 42.8 Å². The zero-order chi connectivity index (χ0) is 88.1. The zero-order valence-corrected chi connectivity index (χ0v) is 73.2. The number of nitrogens with zero attached hydrogens (tertiary/aromatic N) is 9. The first-order valence-corrected chi connectivity index (χ1v) is 46.1. The van der Waals surface area contributed by atoms with Gasteiger partial charge in [0.15, 0.2) is 11.6 Å². The SMILES string of the molecule is CC1(C)c2ccccc2-c2cccc(-c3nc(-c4ccc(-n5c6cc(-n7c8ccccc8c8ccc9ccccc9c87)ccc6c6cc7ccccc7cc65)cc4)nc4ccccc34)c21.c1ccc(-n2c3ccccc3c3cc(-c4nc(-c5ccc(-n6c7cc(-n8c9ccccc9c9ccc%10ccccc%10c98)ccc7c7cc8ccccc8cc76)cc5)nc5ccccc45)ccc32)cc1. The second kappa shape index (κ2) is 29.2. The quantitative estimate of drug-likeness (QED) is 0.144. The van der Waals surface area contributed by atoms with E-state index in [1.54, 1.807) is 0 Å². The van der Waals surface area contributed by atoms with Crippen LogP contribution in [0.1, 0.15) is 25.0 Å². The van der Waals surface area contributed by atoms with E-state index >= 15 is 0 Å². The highest BCUT2D eigenvalue weighted by atomic mass is 15.0. The fraction of sp³-hybridized carbons (Fsp3) is 0.0240. The maximum Gasteiger partial charge on any atom is 0.160 e. The Kier molecular flexibility index (Phi) is 16.4. The number of rotatable bonds is 9. The van der Waals surface area contributed by atoms with Crippen molar-refractivity contribution < 1.29 is 0 Å². The Hall–Kier alpha value is -17.7. The zero-order valence-electron chi connectivity index (χ0n) is 73.2. The molecule has 0 fully saturated rings. The number of hydrogen-bond acceptors (Lipinski definition) is 4. The molecule has 0 atom stereocenters. The molecule has 0 saturated carbocycles. The van der Waals surface area contributed by atoms with Crippen molar-refractivity contribution in [1.82, 2.24) is 42.8 Å². The minimum Gasteiger partial charge on any atom is -0.309 e. The van der Waals surface area contributed by atoms with Gasteiger partial charge in [0.05, 0.1) is 77.6 Å². The summed E-state index contributed by atoms with van der Waals surface area (Å²) in [5, 5.41) is 24.2. The molecule has 0 radical (unpaired) electrons.